The van der Waals surface area contributed by atoms with Gasteiger partial charge in [0.25, 0.3) is 5.56 Å². The number of aromatic hydroxyl groups is 1. The van der Waals surface area contributed by atoms with Crippen molar-refractivity contribution < 1.29 is 9.50 Å². The molecule has 6 heteroatoms. The van der Waals surface area contributed by atoms with E-state index in [0.717, 1.165) is 4.57 Å². The van der Waals surface area contributed by atoms with E-state index in [4.69, 9.17) is 0 Å². The Bertz CT molecular complexity index is 767. The summed E-state index contributed by atoms with van der Waals surface area (Å²) in [5.41, 5.74) is 0.362. The molecular weight excluding hydrogens is 263 g/mol. The van der Waals surface area contributed by atoms with Crippen LogP contribution < -0.4 is 11.2 Å². The van der Waals surface area contributed by atoms with Gasteiger partial charge in [-0.25, -0.2) is 9.18 Å². The number of halogens is 1. The normalized spacial score (nSPS) is 10.8. The predicted octanol–water partition coefficient (Wildman–Crippen LogP) is 1.35. The first-order valence-corrected chi connectivity index (χ1v) is 6.09. The van der Waals surface area contributed by atoms with E-state index in [1.54, 1.807) is 26.0 Å². The smallest absolute Gasteiger partial charge is 0.331 e. The number of nitrogens with zero attached hydrogens (tertiary/aromatic N) is 1. The van der Waals surface area contributed by atoms with E-state index < -0.39 is 11.2 Å². The van der Waals surface area contributed by atoms with Gasteiger partial charge >= 0.3 is 5.69 Å². The molecule has 1 heterocycles. The summed E-state index contributed by atoms with van der Waals surface area (Å²) in [7, 11) is 0. The number of aromatic nitrogens is 2. The van der Waals surface area contributed by atoms with E-state index in [2.05, 4.69) is 4.98 Å². The van der Waals surface area contributed by atoms with Gasteiger partial charge in [-0.2, -0.15) is 0 Å². The van der Waals surface area contributed by atoms with Crippen molar-refractivity contribution in [1.82, 2.24) is 9.55 Å². The zero-order chi connectivity index (χ0) is 15.0. The Hall–Kier alpha value is -2.37. The van der Waals surface area contributed by atoms with E-state index in [9.17, 15) is 19.1 Å². The quantitative estimate of drug-likeness (QED) is 0.870. The Morgan fingerprint density at radius 2 is 1.75 bits per heavy atom. The molecule has 0 bridgehead atoms. The molecule has 0 fully saturated rings. The van der Waals surface area contributed by atoms with Crippen LogP contribution in [0.1, 0.15) is 22.3 Å². The van der Waals surface area contributed by atoms with Crippen LogP contribution in [0.15, 0.2) is 21.7 Å². The van der Waals surface area contributed by atoms with Crippen LogP contribution in [0.25, 0.3) is 0 Å². The maximum absolute atomic E-state index is 13.6. The highest BCUT2D eigenvalue weighted by Crippen LogP contribution is 2.17. The molecule has 106 valence electrons. The summed E-state index contributed by atoms with van der Waals surface area (Å²) in [6.45, 7) is 4.74. The minimum Gasteiger partial charge on any atom is -0.494 e. The van der Waals surface area contributed by atoms with E-state index in [0.29, 0.717) is 16.7 Å². The highest BCUT2D eigenvalue weighted by molar-refractivity contribution is 5.31. The number of rotatable bonds is 2. The number of nitrogens with one attached hydrogen (secondary N) is 1. The molecular formula is C14H15FN2O3. The van der Waals surface area contributed by atoms with Crippen molar-refractivity contribution in [3.05, 3.63) is 61.0 Å². The summed E-state index contributed by atoms with van der Waals surface area (Å²) in [6, 6.07) is 3.21. The molecule has 20 heavy (non-hydrogen) atoms. The Morgan fingerprint density at radius 3 is 2.30 bits per heavy atom. The molecule has 0 radical (unpaired) electrons. The van der Waals surface area contributed by atoms with Gasteiger partial charge in [0, 0.05) is 0 Å². The number of benzene rings is 1. The molecule has 0 spiro atoms. The number of aryl methyl sites for hydroxylation is 2. The summed E-state index contributed by atoms with van der Waals surface area (Å²) in [5.74, 6) is -0.665. The third-order valence-corrected chi connectivity index (χ3v) is 3.23. The number of hydrogen-bond acceptors (Lipinski definition) is 3. The third-order valence-electron chi connectivity index (χ3n) is 3.23. The number of aromatic amines is 1. The molecule has 0 aliphatic heterocycles. The van der Waals surface area contributed by atoms with Crippen molar-refractivity contribution in [3.8, 4) is 5.88 Å². The van der Waals surface area contributed by atoms with Crippen LogP contribution in [0.3, 0.4) is 0 Å². The fourth-order valence-corrected chi connectivity index (χ4v) is 2.11. The monoisotopic (exact) mass is 278 g/mol. The second kappa shape index (κ2) is 4.96. The zero-order valence-electron chi connectivity index (χ0n) is 11.5. The molecule has 2 rings (SSSR count). The molecule has 0 aliphatic carbocycles. The van der Waals surface area contributed by atoms with Crippen molar-refractivity contribution >= 4 is 0 Å². The largest absolute Gasteiger partial charge is 0.494 e. The third kappa shape index (κ3) is 2.36. The second-order valence-corrected chi connectivity index (χ2v) is 4.84. The van der Waals surface area contributed by atoms with Crippen molar-refractivity contribution in [2.24, 2.45) is 0 Å². The lowest BCUT2D eigenvalue weighted by Crippen LogP contribution is -2.31. The molecule has 2 aromatic rings. The first kappa shape index (κ1) is 14.0. The topological polar surface area (TPSA) is 75.1 Å². The summed E-state index contributed by atoms with van der Waals surface area (Å²) in [6.07, 6.45) is 0. The molecule has 1 aromatic heterocycles. The van der Waals surface area contributed by atoms with Crippen molar-refractivity contribution in [2.75, 3.05) is 0 Å². The lowest BCUT2D eigenvalue weighted by Gasteiger charge is -2.11. The van der Waals surface area contributed by atoms with E-state index in [1.165, 1.54) is 6.92 Å². The molecule has 0 amide bonds. The number of hydrogen-bond donors (Lipinski definition) is 2. The Morgan fingerprint density at radius 1 is 1.20 bits per heavy atom. The SMILES string of the molecule is Cc1cc(Cn2c(O)c(C)c(=O)[nH]c2=O)cc(C)c1F. The summed E-state index contributed by atoms with van der Waals surface area (Å²) in [4.78, 5) is 25.2. The van der Waals surface area contributed by atoms with E-state index in [1.807, 2.05) is 0 Å². The zero-order valence-corrected chi connectivity index (χ0v) is 11.5. The maximum atomic E-state index is 13.6. The van der Waals surface area contributed by atoms with Crippen molar-refractivity contribution in [3.63, 3.8) is 0 Å². The Labute approximate surface area is 114 Å². The van der Waals surface area contributed by atoms with Crippen molar-refractivity contribution in [2.45, 2.75) is 27.3 Å². The highest BCUT2D eigenvalue weighted by atomic mass is 19.1. The van der Waals surface area contributed by atoms with E-state index in [-0.39, 0.29) is 23.8 Å². The van der Waals surface area contributed by atoms with Crippen LogP contribution in [0.5, 0.6) is 5.88 Å². The predicted molar refractivity (Wildman–Crippen MR) is 72.7 cm³/mol. The first-order valence-electron chi connectivity index (χ1n) is 6.09. The Kier molecular flexibility index (Phi) is 3.48. The lowest BCUT2D eigenvalue weighted by atomic mass is 10.1. The van der Waals surface area contributed by atoms with Gasteiger partial charge in [0.1, 0.15) is 5.82 Å². The first-order chi connectivity index (χ1) is 9.31. The molecule has 5 nitrogen and oxygen atoms in total. The fraction of sp³-hybridized carbons (Fsp3) is 0.286. The minimum absolute atomic E-state index is 0.0598. The number of H-pyrrole nitrogens is 1. The molecule has 0 atom stereocenters. The fourth-order valence-electron chi connectivity index (χ4n) is 2.11. The van der Waals surface area contributed by atoms with Crippen LogP contribution in [-0.4, -0.2) is 14.7 Å². The van der Waals surface area contributed by atoms with Gasteiger partial charge in [0.2, 0.25) is 5.88 Å². The van der Waals surface area contributed by atoms with Crippen LogP contribution >= 0.6 is 0 Å². The molecule has 0 aliphatic rings. The van der Waals surface area contributed by atoms with Gasteiger partial charge in [-0.3, -0.25) is 14.3 Å². The summed E-state index contributed by atoms with van der Waals surface area (Å²) in [5, 5.41) is 9.88. The average Bonchev–Trinajstić information content (AvgIpc) is 2.38. The van der Waals surface area contributed by atoms with Crippen molar-refractivity contribution in [1.29, 1.82) is 0 Å². The summed E-state index contributed by atoms with van der Waals surface area (Å²) >= 11 is 0. The maximum Gasteiger partial charge on any atom is 0.331 e. The molecule has 2 N–H and O–H groups in total. The lowest BCUT2D eigenvalue weighted by molar-refractivity contribution is 0.404. The van der Waals surface area contributed by atoms with Crippen LogP contribution in [0.4, 0.5) is 4.39 Å². The van der Waals surface area contributed by atoms with Gasteiger partial charge in [-0.05, 0) is 37.5 Å². The second-order valence-electron chi connectivity index (χ2n) is 4.84. The van der Waals surface area contributed by atoms with Gasteiger partial charge in [-0.15, -0.1) is 0 Å². The van der Waals surface area contributed by atoms with E-state index >= 15 is 0 Å². The minimum atomic E-state index is -0.697. The average molecular weight is 278 g/mol. The van der Waals surface area contributed by atoms with Crippen LogP contribution in [-0.2, 0) is 6.54 Å². The summed E-state index contributed by atoms with van der Waals surface area (Å²) < 4.78 is 14.6. The molecule has 0 saturated carbocycles. The molecule has 1 aromatic carbocycles. The molecule has 0 saturated heterocycles. The standard InChI is InChI=1S/C14H15FN2O3/c1-7-4-10(5-8(2)11(7)15)6-17-13(19)9(3)12(18)16-14(17)20/h4-5,19H,6H2,1-3H3,(H,16,18,20). The highest BCUT2D eigenvalue weighted by Gasteiger charge is 2.12. The van der Waals surface area contributed by atoms with Gasteiger partial charge in [0.15, 0.2) is 0 Å². The molecule has 0 unspecified atom stereocenters. The Balaban J connectivity index is 2.54. The van der Waals surface area contributed by atoms with Crippen LogP contribution in [0.2, 0.25) is 0 Å². The van der Waals surface area contributed by atoms with Gasteiger partial charge < -0.3 is 5.11 Å². The van der Waals surface area contributed by atoms with Gasteiger partial charge in [0.05, 0.1) is 12.1 Å². The van der Waals surface area contributed by atoms with Crippen LogP contribution in [0, 0.1) is 26.6 Å². The van der Waals surface area contributed by atoms with Gasteiger partial charge in [-0.1, -0.05) is 12.1 Å².